The molecule has 0 unspecified atom stereocenters. The maximum Gasteiger partial charge on any atom is 0.0823 e. The van der Waals surface area contributed by atoms with Crippen LogP contribution in [0.15, 0.2) is 35.4 Å². The van der Waals surface area contributed by atoms with Crippen LogP contribution in [0.4, 0.5) is 0 Å². The maximum atomic E-state index is 3.59. The van der Waals surface area contributed by atoms with Gasteiger partial charge in [0, 0.05) is 5.30 Å². The highest BCUT2D eigenvalue weighted by Crippen LogP contribution is 2.36. The summed E-state index contributed by atoms with van der Waals surface area (Å²) >= 11 is 0. The third-order valence-electron chi connectivity index (χ3n) is 5.10. The van der Waals surface area contributed by atoms with Crippen LogP contribution in [0.1, 0.15) is 68.1 Å². The molecule has 0 N–H and O–H groups in total. The molecule has 0 radical (unpaired) electrons. The van der Waals surface area contributed by atoms with Gasteiger partial charge in [0.15, 0.2) is 0 Å². The minimum atomic E-state index is -0.763. The van der Waals surface area contributed by atoms with Crippen molar-refractivity contribution in [2.75, 3.05) is 0 Å². The molecule has 2 aliphatic rings. The normalized spacial score (nSPS) is 16.8. The minimum Gasteiger partial charge on any atom is -0.0729 e. The van der Waals surface area contributed by atoms with Crippen molar-refractivity contribution in [3.63, 3.8) is 0 Å². The summed E-state index contributed by atoms with van der Waals surface area (Å²) < 4.78 is 0. The zero-order valence-electron chi connectivity index (χ0n) is 16.4. The van der Waals surface area contributed by atoms with E-state index in [1.54, 1.807) is 0 Å². The molecule has 0 atom stereocenters. The Balaban J connectivity index is 1.97. The molecule has 0 bridgehead atoms. The molecule has 0 heterocycles. The van der Waals surface area contributed by atoms with Gasteiger partial charge in [-0.05, 0) is 94.4 Å². The number of aryl methyl sites for hydroxylation is 3. The largest absolute Gasteiger partial charge is 0.0823 e. The second-order valence-electron chi connectivity index (χ2n) is 7.51. The molecule has 0 spiro atoms. The average Bonchev–Trinajstić information content (AvgIpc) is 2.64. The highest BCUT2D eigenvalue weighted by atomic mass is 31.1. The van der Waals surface area contributed by atoms with E-state index in [-0.39, 0.29) is 0 Å². The van der Waals surface area contributed by atoms with E-state index in [0.29, 0.717) is 0 Å². The lowest BCUT2D eigenvalue weighted by Gasteiger charge is -2.14. The van der Waals surface area contributed by atoms with Crippen LogP contribution in [0.2, 0.25) is 0 Å². The van der Waals surface area contributed by atoms with E-state index in [4.69, 9.17) is 0 Å². The van der Waals surface area contributed by atoms with E-state index < -0.39 is 7.92 Å². The first kappa shape index (κ1) is 19.0. The van der Waals surface area contributed by atoms with E-state index in [2.05, 4.69) is 68.2 Å². The molecule has 0 aliphatic heterocycles. The fourth-order valence-corrected chi connectivity index (χ4v) is 5.45. The zero-order valence-corrected chi connectivity index (χ0v) is 17.3. The van der Waals surface area contributed by atoms with E-state index in [1.807, 2.05) is 0 Å². The van der Waals surface area contributed by atoms with Gasteiger partial charge in [-0.3, -0.25) is 0 Å². The number of rotatable bonds is 1. The van der Waals surface area contributed by atoms with Gasteiger partial charge in [0.25, 0.3) is 0 Å². The molecule has 3 rings (SSSR count). The van der Waals surface area contributed by atoms with Gasteiger partial charge in [0.1, 0.15) is 0 Å². The molecule has 2 aliphatic carbocycles. The number of benzene rings is 1. The highest BCUT2D eigenvalue weighted by Gasteiger charge is 2.13. The summed E-state index contributed by atoms with van der Waals surface area (Å²) in [5.41, 5.74) is 13.8. The average molecular weight is 360 g/mol. The number of hydrogen-bond donors (Lipinski definition) is 0. The highest BCUT2D eigenvalue weighted by molar-refractivity contribution is 7.75. The summed E-state index contributed by atoms with van der Waals surface area (Å²) in [5.74, 6) is 6.99. The van der Waals surface area contributed by atoms with Gasteiger partial charge in [-0.25, -0.2) is 0 Å². The standard InChI is InChI=1S/C25H29P/c1-20-18-21(2)25(22(3)19-20)26(16-14-23-10-6-4-7-11-23)17-15-24-12-8-5-9-13-24/h10,12,18-19H,4-9,11,13H2,1-3H3. The molecular weight excluding hydrogens is 331 g/mol. The molecule has 0 aromatic heterocycles. The lowest BCUT2D eigenvalue weighted by molar-refractivity contribution is 0.715. The molecule has 0 nitrogen and oxygen atoms in total. The van der Waals surface area contributed by atoms with Crippen LogP contribution >= 0.6 is 7.92 Å². The maximum absolute atomic E-state index is 3.59. The van der Waals surface area contributed by atoms with Crippen LogP contribution in [-0.4, -0.2) is 0 Å². The molecule has 26 heavy (non-hydrogen) atoms. The van der Waals surface area contributed by atoms with E-state index >= 15 is 0 Å². The second-order valence-corrected chi connectivity index (χ2v) is 9.07. The van der Waals surface area contributed by atoms with Crippen LogP contribution in [0.3, 0.4) is 0 Å². The minimum absolute atomic E-state index is 0.763. The van der Waals surface area contributed by atoms with Crippen LogP contribution in [0.25, 0.3) is 0 Å². The Morgan fingerprint density at radius 2 is 1.23 bits per heavy atom. The third kappa shape index (κ3) is 5.13. The number of allylic oxidation sites excluding steroid dienone is 4. The molecule has 1 aromatic carbocycles. The summed E-state index contributed by atoms with van der Waals surface area (Å²) in [6.45, 7) is 6.60. The molecular formula is C25H29P. The lowest BCUT2D eigenvalue weighted by Crippen LogP contribution is -2.09. The summed E-state index contributed by atoms with van der Waals surface area (Å²) in [6.07, 6.45) is 14.5. The molecule has 1 heteroatoms. The van der Waals surface area contributed by atoms with Crippen LogP contribution < -0.4 is 5.30 Å². The van der Waals surface area contributed by atoms with Gasteiger partial charge in [0.05, 0.1) is 7.92 Å². The fourth-order valence-electron chi connectivity index (χ4n) is 3.82. The van der Waals surface area contributed by atoms with Crippen molar-refractivity contribution < 1.29 is 0 Å². The SMILES string of the molecule is Cc1cc(C)c(P(C#CC2=CCCCC2)C#CC2=CCCCC2)c(C)c1. The first-order valence-corrected chi connectivity index (χ1v) is 11.3. The van der Waals surface area contributed by atoms with E-state index in [1.165, 1.54) is 71.7 Å². The lowest BCUT2D eigenvalue weighted by atomic mass is 10.0. The molecule has 134 valence electrons. The summed E-state index contributed by atoms with van der Waals surface area (Å²) in [4.78, 5) is 0. The Kier molecular flexibility index (Phi) is 6.78. The first-order chi connectivity index (χ1) is 12.6. The summed E-state index contributed by atoms with van der Waals surface area (Å²) in [6, 6.07) is 4.56. The van der Waals surface area contributed by atoms with Crippen LogP contribution in [0.5, 0.6) is 0 Å². The Morgan fingerprint density at radius 1 is 0.731 bits per heavy atom. The Morgan fingerprint density at radius 3 is 1.65 bits per heavy atom. The van der Waals surface area contributed by atoms with Crippen LogP contribution in [0, 0.1) is 43.9 Å². The molecule has 0 saturated heterocycles. The van der Waals surface area contributed by atoms with Crippen molar-refractivity contribution in [1.29, 1.82) is 0 Å². The topological polar surface area (TPSA) is 0 Å². The Bertz CT molecular complexity index is 779. The first-order valence-electron chi connectivity index (χ1n) is 9.93. The van der Waals surface area contributed by atoms with Gasteiger partial charge in [0.2, 0.25) is 0 Å². The van der Waals surface area contributed by atoms with E-state index in [9.17, 15) is 0 Å². The Labute approximate surface area is 160 Å². The van der Waals surface area contributed by atoms with Crippen LogP contribution in [-0.2, 0) is 0 Å². The smallest absolute Gasteiger partial charge is 0.0729 e. The molecule has 0 amide bonds. The van der Waals surface area contributed by atoms with Crippen molar-refractivity contribution >= 4 is 13.2 Å². The van der Waals surface area contributed by atoms with Gasteiger partial charge in [-0.15, -0.1) is 0 Å². The number of hydrogen-bond acceptors (Lipinski definition) is 0. The predicted molar refractivity (Wildman–Crippen MR) is 116 cm³/mol. The van der Waals surface area contributed by atoms with Gasteiger partial charge >= 0.3 is 0 Å². The van der Waals surface area contributed by atoms with Crippen molar-refractivity contribution in [3.8, 4) is 23.2 Å². The van der Waals surface area contributed by atoms with Gasteiger partial charge in [-0.2, -0.15) is 0 Å². The predicted octanol–water partition coefficient (Wildman–Crippen LogP) is 6.64. The fraction of sp³-hybridized carbons (Fsp3) is 0.440. The second kappa shape index (κ2) is 9.26. The summed E-state index contributed by atoms with van der Waals surface area (Å²) in [7, 11) is -0.763. The molecule has 0 saturated carbocycles. The van der Waals surface area contributed by atoms with E-state index in [0.717, 1.165) is 12.8 Å². The van der Waals surface area contributed by atoms with Crippen molar-refractivity contribution in [2.24, 2.45) is 0 Å². The van der Waals surface area contributed by atoms with Crippen molar-refractivity contribution in [1.82, 2.24) is 0 Å². The Hall–Kier alpha value is -1.75. The quantitative estimate of drug-likeness (QED) is 0.389. The monoisotopic (exact) mass is 360 g/mol. The summed E-state index contributed by atoms with van der Waals surface area (Å²) in [5, 5.41) is 1.37. The van der Waals surface area contributed by atoms with Gasteiger partial charge < -0.3 is 0 Å². The van der Waals surface area contributed by atoms with Crippen molar-refractivity contribution in [2.45, 2.75) is 72.1 Å². The third-order valence-corrected chi connectivity index (χ3v) is 6.92. The zero-order chi connectivity index (χ0) is 18.4. The van der Waals surface area contributed by atoms with Gasteiger partial charge in [-0.1, -0.05) is 53.0 Å². The molecule has 1 aromatic rings. The van der Waals surface area contributed by atoms with Crippen molar-refractivity contribution in [3.05, 3.63) is 52.1 Å². The molecule has 0 fully saturated rings.